The highest BCUT2D eigenvalue weighted by molar-refractivity contribution is 7.15. The van der Waals surface area contributed by atoms with E-state index in [-0.39, 0.29) is 11.7 Å². The minimum atomic E-state index is -0.244. The minimum absolute atomic E-state index is 0.0412. The molecule has 5 nitrogen and oxygen atoms in total. The number of aromatic nitrogens is 3. The number of carbonyl (C=O) groups excluding carboxylic acids is 1. The van der Waals surface area contributed by atoms with Crippen LogP contribution >= 0.6 is 11.3 Å². The van der Waals surface area contributed by atoms with Crippen LogP contribution in [-0.2, 0) is 17.8 Å². The minimum Gasteiger partial charge on any atom is -0.335 e. The summed E-state index contributed by atoms with van der Waals surface area (Å²) in [6, 6.07) is 6.40. The van der Waals surface area contributed by atoms with E-state index in [1.54, 1.807) is 24.5 Å². The van der Waals surface area contributed by atoms with Gasteiger partial charge in [0, 0.05) is 42.9 Å². The van der Waals surface area contributed by atoms with Gasteiger partial charge in [-0.1, -0.05) is 12.1 Å². The second-order valence-corrected chi connectivity index (χ2v) is 6.87. The van der Waals surface area contributed by atoms with Crippen molar-refractivity contribution in [1.29, 1.82) is 0 Å². The molecular weight excluding hydrogens is 339 g/mol. The van der Waals surface area contributed by atoms with E-state index >= 15 is 0 Å². The molecule has 0 spiro atoms. The molecule has 1 aromatic carbocycles. The topological polar surface area (TPSA) is 59.8 Å². The van der Waals surface area contributed by atoms with Gasteiger partial charge in [-0.25, -0.2) is 14.4 Å². The summed E-state index contributed by atoms with van der Waals surface area (Å²) in [5, 5.41) is 3.43. The Bertz CT molecular complexity index is 841. The van der Waals surface area contributed by atoms with Crippen molar-refractivity contribution in [3.8, 4) is 0 Å². The number of imidazole rings is 1. The van der Waals surface area contributed by atoms with E-state index in [9.17, 15) is 9.18 Å². The smallest absolute Gasteiger partial charge is 0.226 e. The first-order chi connectivity index (χ1) is 12.1. The fraction of sp³-hybridized carbons (Fsp3) is 0.278. The fourth-order valence-corrected chi connectivity index (χ4v) is 3.35. The molecule has 0 aliphatic heterocycles. The summed E-state index contributed by atoms with van der Waals surface area (Å²) < 4.78 is 14.9. The van der Waals surface area contributed by atoms with Crippen molar-refractivity contribution < 1.29 is 9.18 Å². The Labute approximate surface area is 149 Å². The van der Waals surface area contributed by atoms with Crippen molar-refractivity contribution in [2.24, 2.45) is 0 Å². The van der Waals surface area contributed by atoms with Gasteiger partial charge in [0.15, 0.2) is 5.13 Å². The monoisotopic (exact) mass is 358 g/mol. The summed E-state index contributed by atoms with van der Waals surface area (Å²) in [5.41, 5.74) is 1.01. The van der Waals surface area contributed by atoms with Crippen LogP contribution in [0.25, 0.3) is 0 Å². The molecule has 0 radical (unpaired) electrons. The zero-order valence-electron chi connectivity index (χ0n) is 13.9. The SMILES string of the molecule is Cc1nccn1CCCC(=O)Nc1ncc(Cc2ccc(F)cc2)s1. The number of hydrogen-bond donors (Lipinski definition) is 1. The van der Waals surface area contributed by atoms with E-state index < -0.39 is 0 Å². The third-order valence-corrected chi connectivity index (χ3v) is 4.73. The van der Waals surface area contributed by atoms with E-state index in [0.717, 1.165) is 29.2 Å². The van der Waals surface area contributed by atoms with Gasteiger partial charge in [0.05, 0.1) is 0 Å². The molecule has 0 aliphatic rings. The Morgan fingerprint density at radius 1 is 1.28 bits per heavy atom. The fourth-order valence-electron chi connectivity index (χ4n) is 2.48. The third-order valence-electron chi connectivity index (χ3n) is 3.82. The van der Waals surface area contributed by atoms with Crippen LogP contribution in [0.1, 0.15) is 29.1 Å². The first kappa shape index (κ1) is 17.3. The molecule has 7 heteroatoms. The lowest BCUT2D eigenvalue weighted by atomic mass is 10.1. The molecule has 3 rings (SSSR count). The van der Waals surface area contributed by atoms with E-state index in [2.05, 4.69) is 15.3 Å². The summed E-state index contributed by atoms with van der Waals surface area (Å²) in [7, 11) is 0. The van der Waals surface area contributed by atoms with E-state index in [0.29, 0.717) is 18.0 Å². The predicted molar refractivity (Wildman–Crippen MR) is 96.1 cm³/mol. The Hall–Kier alpha value is -2.54. The molecule has 1 N–H and O–H groups in total. The van der Waals surface area contributed by atoms with Crippen molar-refractivity contribution in [3.05, 3.63) is 64.9 Å². The second-order valence-electron chi connectivity index (χ2n) is 5.75. The molecule has 25 heavy (non-hydrogen) atoms. The maximum Gasteiger partial charge on any atom is 0.226 e. The first-order valence-electron chi connectivity index (χ1n) is 8.07. The van der Waals surface area contributed by atoms with Gasteiger partial charge >= 0.3 is 0 Å². The number of amides is 1. The number of anilines is 1. The lowest BCUT2D eigenvalue weighted by Crippen LogP contribution is -2.12. The summed E-state index contributed by atoms with van der Waals surface area (Å²) >= 11 is 1.44. The highest BCUT2D eigenvalue weighted by Crippen LogP contribution is 2.21. The second kappa shape index (κ2) is 8.02. The quantitative estimate of drug-likeness (QED) is 0.699. The number of hydrogen-bond acceptors (Lipinski definition) is 4. The summed E-state index contributed by atoms with van der Waals surface area (Å²) in [6.07, 6.45) is 7.27. The summed E-state index contributed by atoms with van der Waals surface area (Å²) in [5.74, 6) is 0.665. The van der Waals surface area contributed by atoms with Gasteiger partial charge in [-0.05, 0) is 31.0 Å². The van der Waals surface area contributed by atoms with Crippen LogP contribution in [0.15, 0.2) is 42.9 Å². The molecule has 0 saturated carbocycles. The van der Waals surface area contributed by atoms with Crippen LogP contribution < -0.4 is 5.32 Å². The maximum absolute atomic E-state index is 12.9. The standard InChI is InChI=1S/C18H19FN4OS/c1-13-20-8-10-23(13)9-2-3-17(24)22-18-21-12-16(25-18)11-14-4-6-15(19)7-5-14/h4-8,10,12H,2-3,9,11H2,1H3,(H,21,22,24). The first-order valence-corrected chi connectivity index (χ1v) is 8.88. The van der Waals surface area contributed by atoms with Crippen molar-refractivity contribution in [1.82, 2.24) is 14.5 Å². The number of halogens is 1. The number of carbonyl (C=O) groups is 1. The van der Waals surface area contributed by atoms with Gasteiger partial charge in [0.1, 0.15) is 11.6 Å². The molecule has 0 atom stereocenters. The Morgan fingerprint density at radius 3 is 2.80 bits per heavy atom. The molecule has 130 valence electrons. The maximum atomic E-state index is 12.9. The molecule has 0 fully saturated rings. The van der Waals surface area contributed by atoms with Gasteiger partial charge in [-0.15, -0.1) is 11.3 Å². The zero-order valence-corrected chi connectivity index (χ0v) is 14.7. The molecule has 0 bridgehead atoms. The predicted octanol–water partition coefficient (Wildman–Crippen LogP) is 3.80. The molecule has 3 aromatic rings. The van der Waals surface area contributed by atoms with E-state index in [1.165, 1.54) is 23.5 Å². The number of nitrogens with zero attached hydrogens (tertiary/aromatic N) is 3. The average Bonchev–Trinajstić information content (AvgIpc) is 3.19. The third kappa shape index (κ3) is 4.96. The molecule has 2 heterocycles. The number of aryl methyl sites for hydroxylation is 2. The van der Waals surface area contributed by atoms with Gasteiger partial charge < -0.3 is 9.88 Å². The molecule has 2 aromatic heterocycles. The normalized spacial score (nSPS) is 10.8. The van der Waals surface area contributed by atoms with Gasteiger partial charge in [0.2, 0.25) is 5.91 Å². The van der Waals surface area contributed by atoms with Crippen LogP contribution in [0, 0.1) is 12.7 Å². The average molecular weight is 358 g/mol. The van der Waals surface area contributed by atoms with Gasteiger partial charge in [-0.3, -0.25) is 4.79 Å². The molecule has 0 unspecified atom stereocenters. The molecular formula is C18H19FN4OS. The number of thiazole rings is 1. The highest BCUT2D eigenvalue weighted by Gasteiger charge is 2.08. The van der Waals surface area contributed by atoms with Crippen LogP contribution in [0.5, 0.6) is 0 Å². The highest BCUT2D eigenvalue weighted by atomic mass is 32.1. The van der Waals surface area contributed by atoms with E-state index in [4.69, 9.17) is 0 Å². The zero-order chi connectivity index (χ0) is 17.6. The van der Waals surface area contributed by atoms with E-state index in [1.807, 2.05) is 17.7 Å². The Balaban J connectivity index is 1.46. The lowest BCUT2D eigenvalue weighted by molar-refractivity contribution is -0.116. The van der Waals surface area contributed by atoms with Crippen LogP contribution in [0.3, 0.4) is 0 Å². The number of nitrogens with one attached hydrogen (secondary N) is 1. The van der Waals surface area contributed by atoms with Crippen molar-refractivity contribution in [3.63, 3.8) is 0 Å². The lowest BCUT2D eigenvalue weighted by Gasteiger charge is -2.04. The number of rotatable bonds is 7. The van der Waals surface area contributed by atoms with Crippen molar-refractivity contribution in [2.75, 3.05) is 5.32 Å². The summed E-state index contributed by atoms with van der Waals surface area (Å²) in [4.78, 5) is 21.4. The molecule has 0 aliphatic carbocycles. The molecule has 1 amide bonds. The van der Waals surface area contributed by atoms with Crippen LogP contribution in [-0.4, -0.2) is 20.4 Å². The number of benzene rings is 1. The van der Waals surface area contributed by atoms with Gasteiger partial charge in [0.25, 0.3) is 0 Å². The van der Waals surface area contributed by atoms with Crippen molar-refractivity contribution in [2.45, 2.75) is 32.7 Å². The Kier molecular flexibility index (Phi) is 5.55. The van der Waals surface area contributed by atoms with Gasteiger partial charge in [-0.2, -0.15) is 0 Å². The van der Waals surface area contributed by atoms with Crippen molar-refractivity contribution >= 4 is 22.4 Å². The Morgan fingerprint density at radius 2 is 2.08 bits per heavy atom. The largest absolute Gasteiger partial charge is 0.335 e. The van der Waals surface area contributed by atoms with Crippen LogP contribution in [0.2, 0.25) is 0 Å². The molecule has 0 saturated heterocycles. The summed E-state index contributed by atoms with van der Waals surface area (Å²) in [6.45, 7) is 2.71. The van der Waals surface area contributed by atoms with Crippen LogP contribution in [0.4, 0.5) is 9.52 Å².